The summed E-state index contributed by atoms with van der Waals surface area (Å²) in [6, 6.07) is 0. The Morgan fingerprint density at radius 3 is 0.608 bits per heavy atom. The second-order valence-corrected chi connectivity index (χ2v) is 34.7. The number of phosphoric acid groups is 2. The van der Waals surface area contributed by atoms with Crippen LogP contribution in [0.5, 0.6) is 0 Å². The summed E-state index contributed by atoms with van der Waals surface area (Å²) in [4.78, 5) is 73.0. The molecule has 0 aliphatic carbocycles. The first-order chi connectivity index (χ1) is 49.1. The van der Waals surface area contributed by atoms with Crippen molar-refractivity contribution < 1.29 is 80.2 Å². The number of aliphatic hydroxyl groups excluding tert-OH is 1. The monoisotopic (exact) mass is 1490 g/mol. The maximum Gasteiger partial charge on any atom is 0.472 e. The van der Waals surface area contributed by atoms with E-state index in [0.717, 1.165) is 108 Å². The Hall–Kier alpha value is -1.94. The number of carbonyl (C=O) groups is 4. The normalized spacial score (nSPS) is 14.0. The Bertz CT molecular complexity index is 1990. The first-order valence-electron chi connectivity index (χ1n) is 42.7. The van der Waals surface area contributed by atoms with Gasteiger partial charge < -0.3 is 33.8 Å². The predicted molar refractivity (Wildman–Crippen MR) is 418 cm³/mol. The highest BCUT2D eigenvalue weighted by molar-refractivity contribution is 7.47. The lowest BCUT2D eigenvalue weighted by atomic mass is 10.0. The Morgan fingerprint density at radius 2 is 0.412 bits per heavy atom. The first-order valence-corrected chi connectivity index (χ1v) is 45.7. The minimum atomic E-state index is -4.96. The molecule has 0 spiro atoms. The number of carbonyl (C=O) groups excluding carboxylic acids is 4. The molecule has 0 saturated heterocycles. The maximum atomic E-state index is 13.1. The van der Waals surface area contributed by atoms with E-state index in [1.807, 2.05) is 0 Å². The van der Waals surface area contributed by atoms with Crippen LogP contribution in [0.3, 0.4) is 0 Å². The van der Waals surface area contributed by atoms with E-state index in [-0.39, 0.29) is 25.7 Å². The lowest BCUT2D eigenvalue weighted by Gasteiger charge is -2.21. The fourth-order valence-electron chi connectivity index (χ4n) is 12.8. The van der Waals surface area contributed by atoms with E-state index in [4.69, 9.17) is 37.0 Å². The zero-order valence-corrected chi connectivity index (χ0v) is 69.0. The van der Waals surface area contributed by atoms with Crippen LogP contribution in [0.1, 0.15) is 428 Å². The highest BCUT2D eigenvalue weighted by Crippen LogP contribution is 2.45. The van der Waals surface area contributed by atoms with E-state index in [2.05, 4.69) is 55.4 Å². The van der Waals surface area contributed by atoms with Gasteiger partial charge in [0.1, 0.15) is 19.3 Å². The minimum absolute atomic E-state index is 0.103. The highest BCUT2D eigenvalue weighted by Gasteiger charge is 2.30. The molecule has 0 radical (unpaired) electrons. The summed E-state index contributed by atoms with van der Waals surface area (Å²) < 4.78 is 68.7. The molecule has 102 heavy (non-hydrogen) atoms. The number of ether oxygens (including phenoxy) is 4. The number of aliphatic hydroxyl groups is 1. The third-order valence-electron chi connectivity index (χ3n) is 19.3. The minimum Gasteiger partial charge on any atom is -0.462 e. The van der Waals surface area contributed by atoms with Crippen molar-refractivity contribution in [2.24, 2.45) is 23.7 Å². The molecule has 19 heteroatoms. The summed E-state index contributed by atoms with van der Waals surface area (Å²) in [5.74, 6) is 0.928. The third-order valence-corrected chi connectivity index (χ3v) is 21.2. The molecule has 0 bridgehead atoms. The van der Waals surface area contributed by atoms with E-state index in [1.165, 1.54) is 225 Å². The van der Waals surface area contributed by atoms with Gasteiger partial charge >= 0.3 is 39.5 Å². The number of hydrogen-bond donors (Lipinski definition) is 3. The summed E-state index contributed by atoms with van der Waals surface area (Å²) in [6.45, 7) is 14.2. The number of rotatable bonds is 80. The maximum absolute atomic E-state index is 13.1. The number of esters is 4. The molecule has 0 aliphatic heterocycles. The van der Waals surface area contributed by atoms with Gasteiger partial charge in [-0.25, -0.2) is 9.13 Å². The van der Waals surface area contributed by atoms with Crippen molar-refractivity contribution in [1.29, 1.82) is 0 Å². The topological polar surface area (TPSA) is 237 Å². The third kappa shape index (κ3) is 76.3. The van der Waals surface area contributed by atoms with Crippen molar-refractivity contribution in [3.8, 4) is 0 Å². The number of unbranched alkanes of at least 4 members (excludes halogenated alkanes) is 46. The van der Waals surface area contributed by atoms with Gasteiger partial charge in [0.2, 0.25) is 0 Å². The van der Waals surface area contributed by atoms with Gasteiger partial charge in [-0.15, -0.1) is 0 Å². The van der Waals surface area contributed by atoms with Gasteiger partial charge in [-0.05, 0) is 49.4 Å². The molecule has 0 aromatic carbocycles. The van der Waals surface area contributed by atoms with Crippen LogP contribution in [0.4, 0.5) is 0 Å². The van der Waals surface area contributed by atoms with Gasteiger partial charge in [0.05, 0.1) is 26.4 Å². The van der Waals surface area contributed by atoms with Gasteiger partial charge in [0.15, 0.2) is 12.2 Å². The first kappa shape index (κ1) is 100. The molecule has 606 valence electrons. The Kier molecular flexibility index (Phi) is 70.6. The summed E-state index contributed by atoms with van der Waals surface area (Å²) in [7, 11) is -9.92. The fourth-order valence-corrected chi connectivity index (χ4v) is 14.4. The predicted octanol–water partition coefficient (Wildman–Crippen LogP) is 24.8. The van der Waals surface area contributed by atoms with Crippen LogP contribution in [0.25, 0.3) is 0 Å². The number of hydrogen-bond acceptors (Lipinski definition) is 15. The van der Waals surface area contributed by atoms with Gasteiger partial charge in [0, 0.05) is 25.7 Å². The number of phosphoric ester groups is 2. The van der Waals surface area contributed by atoms with Gasteiger partial charge in [-0.2, -0.15) is 0 Å². The van der Waals surface area contributed by atoms with Crippen molar-refractivity contribution in [2.45, 2.75) is 446 Å². The van der Waals surface area contributed by atoms with Gasteiger partial charge in [-0.1, -0.05) is 376 Å². The Balaban J connectivity index is 5.18. The molecular weight excluding hydrogens is 1330 g/mol. The smallest absolute Gasteiger partial charge is 0.462 e. The molecule has 0 fully saturated rings. The molecule has 0 amide bonds. The van der Waals surface area contributed by atoms with Crippen molar-refractivity contribution >= 4 is 39.5 Å². The summed E-state index contributed by atoms with van der Waals surface area (Å²) in [5.41, 5.74) is 0. The molecule has 0 saturated carbocycles. The van der Waals surface area contributed by atoms with Crippen LogP contribution < -0.4 is 0 Å². The van der Waals surface area contributed by atoms with Gasteiger partial charge in [-0.3, -0.25) is 37.3 Å². The van der Waals surface area contributed by atoms with Crippen LogP contribution in [0.15, 0.2) is 0 Å². The lowest BCUT2D eigenvalue weighted by molar-refractivity contribution is -0.161. The summed E-state index contributed by atoms with van der Waals surface area (Å²) >= 11 is 0. The molecule has 17 nitrogen and oxygen atoms in total. The molecule has 0 aliphatic rings. The van der Waals surface area contributed by atoms with Crippen molar-refractivity contribution in [2.75, 3.05) is 39.6 Å². The van der Waals surface area contributed by atoms with E-state index < -0.39 is 97.5 Å². The molecule has 0 heterocycles. The molecule has 0 aromatic rings. The zero-order valence-electron chi connectivity index (χ0n) is 67.2. The van der Waals surface area contributed by atoms with E-state index in [1.54, 1.807) is 0 Å². The second kappa shape index (κ2) is 72.0. The standard InChI is InChI=1S/C83H162O17P2/c1-73(2)59-51-43-35-29-25-21-17-13-9-11-15-19-23-27-31-39-47-55-63-80(85)93-69-78(99-82(87)65-57-49-40-32-28-24-20-16-12-10-14-18-22-26-30-36-44-52-60-74(3)4)71-97-101(89,90)95-67-77(84)68-96-102(91,92)98-72-79(100-83(88)66-58-50-42-34-38-46-54-62-76(7)8)70-94-81(86)64-56-48-41-33-37-45-53-61-75(5)6/h73-79,84H,9-72H2,1-8H3,(H,89,90)(H,91,92)/t77?,78-,79-/m1/s1. The summed E-state index contributed by atoms with van der Waals surface area (Å²) in [6.07, 6.45) is 60.1. The summed E-state index contributed by atoms with van der Waals surface area (Å²) in [5, 5.41) is 10.6. The van der Waals surface area contributed by atoms with Gasteiger partial charge in [0.25, 0.3) is 0 Å². The van der Waals surface area contributed by atoms with Crippen LogP contribution in [-0.4, -0.2) is 96.7 Å². The second-order valence-electron chi connectivity index (χ2n) is 31.8. The van der Waals surface area contributed by atoms with Crippen LogP contribution >= 0.6 is 15.6 Å². The van der Waals surface area contributed by atoms with E-state index >= 15 is 0 Å². The fraction of sp³-hybridized carbons (Fsp3) is 0.952. The highest BCUT2D eigenvalue weighted by atomic mass is 31.2. The molecule has 3 N–H and O–H groups in total. The van der Waals surface area contributed by atoms with Crippen LogP contribution in [0, 0.1) is 23.7 Å². The molecular formula is C83H162O17P2. The van der Waals surface area contributed by atoms with Crippen molar-refractivity contribution in [3.63, 3.8) is 0 Å². The molecule has 5 atom stereocenters. The lowest BCUT2D eigenvalue weighted by Crippen LogP contribution is -2.30. The van der Waals surface area contributed by atoms with Crippen LogP contribution in [0.2, 0.25) is 0 Å². The molecule has 3 unspecified atom stereocenters. The van der Waals surface area contributed by atoms with E-state index in [0.29, 0.717) is 37.5 Å². The molecule has 0 rings (SSSR count). The largest absolute Gasteiger partial charge is 0.472 e. The van der Waals surface area contributed by atoms with Crippen LogP contribution in [-0.2, 0) is 65.4 Å². The zero-order chi connectivity index (χ0) is 75.3. The Labute approximate surface area is 626 Å². The quantitative estimate of drug-likeness (QED) is 0.0222. The average molecular weight is 1490 g/mol. The molecule has 0 aromatic heterocycles. The SMILES string of the molecule is CC(C)CCCCCCCCCCCCCCCCCCCCC(=O)OC[C@H](COP(=O)(O)OCC(O)COP(=O)(O)OC[C@@H](COC(=O)CCCCCCCCCC(C)C)OC(=O)CCCCCCCCCC(C)C)OC(=O)CCCCCCCCCCCCCCCCCCCCC(C)C. The van der Waals surface area contributed by atoms with Crippen molar-refractivity contribution in [1.82, 2.24) is 0 Å². The van der Waals surface area contributed by atoms with Crippen molar-refractivity contribution in [3.05, 3.63) is 0 Å². The Morgan fingerprint density at radius 1 is 0.245 bits per heavy atom. The average Bonchev–Trinajstić information content (AvgIpc) is 0.912. The van der Waals surface area contributed by atoms with E-state index in [9.17, 15) is 43.2 Å².